The van der Waals surface area contributed by atoms with E-state index >= 15 is 0 Å². The third kappa shape index (κ3) is 2.91. The largest absolute Gasteiger partial charge is 0.377 e. The molecule has 0 bridgehead atoms. The van der Waals surface area contributed by atoms with Crippen molar-refractivity contribution in [2.24, 2.45) is 0 Å². The second-order valence-corrected chi connectivity index (χ2v) is 4.26. The molecule has 0 amide bonds. The van der Waals surface area contributed by atoms with Gasteiger partial charge in [0.05, 0.1) is 22.9 Å². The molecule has 1 unspecified atom stereocenters. The summed E-state index contributed by atoms with van der Waals surface area (Å²) in [6, 6.07) is 19.2. The maximum Gasteiger partial charge on any atom is 0.101 e. The summed E-state index contributed by atoms with van der Waals surface area (Å²) in [5.74, 6) is 0. The lowest BCUT2D eigenvalue weighted by Gasteiger charge is -2.16. The summed E-state index contributed by atoms with van der Waals surface area (Å²) in [5.41, 5.74) is 3.17. The maximum absolute atomic E-state index is 9.04. The van der Waals surface area contributed by atoms with E-state index in [1.54, 1.807) is 18.2 Å². The number of para-hydroxylation sites is 1. The van der Waals surface area contributed by atoms with Crippen LogP contribution in [0.4, 0.5) is 5.69 Å². The third-order valence-electron chi connectivity index (χ3n) is 2.96. The summed E-state index contributed by atoms with van der Waals surface area (Å²) < 4.78 is 0. The van der Waals surface area contributed by atoms with Crippen molar-refractivity contribution >= 4 is 5.69 Å². The monoisotopic (exact) mass is 247 g/mol. The second kappa shape index (κ2) is 5.71. The van der Waals surface area contributed by atoms with Crippen molar-refractivity contribution in [2.75, 3.05) is 5.32 Å². The van der Waals surface area contributed by atoms with Gasteiger partial charge in [-0.1, -0.05) is 24.3 Å². The van der Waals surface area contributed by atoms with Gasteiger partial charge in [-0.15, -0.1) is 0 Å². The average molecular weight is 247 g/mol. The van der Waals surface area contributed by atoms with Crippen LogP contribution in [0.1, 0.15) is 29.7 Å². The predicted octanol–water partition coefficient (Wildman–Crippen LogP) is 3.60. The summed E-state index contributed by atoms with van der Waals surface area (Å²) in [4.78, 5) is 0. The Labute approximate surface area is 112 Å². The highest BCUT2D eigenvalue weighted by molar-refractivity contribution is 5.58. The molecule has 1 atom stereocenters. The van der Waals surface area contributed by atoms with Gasteiger partial charge in [0, 0.05) is 6.04 Å². The molecule has 92 valence electrons. The van der Waals surface area contributed by atoms with Gasteiger partial charge >= 0.3 is 0 Å². The third-order valence-corrected chi connectivity index (χ3v) is 2.96. The summed E-state index contributed by atoms with van der Waals surface area (Å²) in [5, 5.41) is 21.1. The van der Waals surface area contributed by atoms with Gasteiger partial charge in [-0.3, -0.25) is 0 Å². The lowest BCUT2D eigenvalue weighted by Crippen LogP contribution is -2.07. The fourth-order valence-electron chi connectivity index (χ4n) is 1.87. The van der Waals surface area contributed by atoms with Gasteiger partial charge in [0.1, 0.15) is 6.07 Å². The van der Waals surface area contributed by atoms with Crippen LogP contribution in [0.2, 0.25) is 0 Å². The number of nitriles is 2. The first-order valence-electron chi connectivity index (χ1n) is 6.00. The smallest absolute Gasteiger partial charge is 0.101 e. The standard InChI is InChI=1S/C16H13N3/c1-12(14-8-6-13(10-17)7-9-14)19-16-5-3-2-4-15(16)11-18/h2-9,12,19H,1H3. The van der Waals surface area contributed by atoms with Crippen LogP contribution in [0.5, 0.6) is 0 Å². The Morgan fingerprint density at radius 1 is 0.947 bits per heavy atom. The minimum atomic E-state index is 0.0715. The van der Waals surface area contributed by atoms with Gasteiger partial charge in [-0.05, 0) is 36.8 Å². The number of hydrogen-bond acceptors (Lipinski definition) is 3. The first-order chi connectivity index (χ1) is 9.24. The Morgan fingerprint density at radius 3 is 2.26 bits per heavy atom. The molecule has 0 saturated heterocycles. The molecular weight excluding hydrogens is 234 g/mol. The Kier molecular flexibility index (Phi) is 3.81. The first-order valence-corrected chi connectivity index (χ1v) is 6.00. The molecule has 0 aliphatic rings. The molecule has 0 aliphatic carbocycles. The van der Waals surface area contributed by atoms with Gasteiger partial charge in [0.25, 0.3) is 0 Å². The zero-order chi connectivity index (χ0) is 13.7. The molecule has 3 heteroatoms. The normalized spacial score (nSPS) is 11.1. The second-order valence-electron chi connectivity index (χ2n) is 4.26. The van der Waals surface area contributed by atoms with E-state index in [2.05, 4.69) is 17.5 Å². The highest BCUT2D eigenvalue weighted by atomic mass is 14.9. The molecule has 3 nitrogen and oxygen atoms in total. The van der Waals surface area contributed by atoms with E-state index in [4.69, 9.17) is 10.5 Å². The SMILES string of the molecule is CC(Nc1ccccc1C#N)c1ccc(C#N)cc1. The van der Waals surface area contributed by atoms with E-state index in [-0.39, 0.29) is 6.04 Å². The molecule has 0 aromatic heterocycles. The van der Waals surface area contributed by atoms with E-state index in [0.29, 0.717) is 11.1 Å². The van der Waals surface area contributed by atoms with E-state index in [9.17, 15) is 0 Å². The topological polar surface area (TPSA) is 59.6 Å². The fourth-order valence-corrected chi connectivity index (χ4v) is 1.87. The Morgan fingerprint density at radius 2 is 1.63 bits per heavy atom. The van der Waals surface area contributed by atoms with E-state index < -0.39 is 0 Å². The van der Waals surface area contributed by atoms with Crippen molar-refractivity contribution in [3.05, 3.63) is 65.2 Å². The molecular formula is C16H13N3. The molecule has 0 saturated carbocycles. The molecule has 0 radical (unpaired) electrons. The number of nitrogens with one attached hydrogen (secondary N) is 1. The maximum atomic E-state index is 9.04. The Hall–Kier alpha value is -2.78. The van der Waals surface area contributed by atoms with Crippen molar-refractivity contribution in [1.82, 2.24) is 0 Å². The lowest BCUT2D eigenvalue weighted by molar-refractivity contribution is 0.884. The Bertz CT molecular complexity index is 645. The summed E-state index contributed by atoms with van der Waals surface area (Å²) >= 11 is 0. The van der Waals surface area contributed by atoms with Crippen LogP contribution in [0, 0.1) is 22.7 Å². The molecule has 19 heavy (non-hydrogen) atoms. The number of benzene rings is 2. The van der Waals surface area contributed by atoms with Gasteiger partial charge in [-0.2, -0.15) is 10.5 Å². The molecule has 0 fully saturated rings. The molecule has 0 spiro atoms. The molecule has 0 heterocycles. The van der Waals surface area contributed by atoms with Crippen LogP contribution >= 0.6 is 0 Å². The van der Waals surface area contributed by atoms with Crippen LogP contribution < -0.4 is 5.32 Å². The van der Waals surface area contributed by atoms with Crippen LogP contribution in [0.25, 0.3) is 0 Å². The van der Waals surface area contributed by atoms with Crippen molar-refractivity contribution in [2.45, 2.75) is 13.0 Å². The van der Waals surface area contributed by atoms with Crippen molar-refractivity contribution in [3.63, 3.8) is 0 Å². The van der Waals surface area contributed by atoms with Gasteiger partial charge < -0.3 is 5.32 Å². The van der Waals surface area contributed by atoms with Gasteiger partial charge in [0.15, 0.2) is 0 Å². The van der Waals surface area contributed by atoms with Crippen LogP contribution in [-0.4, -0.2) is 0 Å². The summed E-state index contributed by atoms with van der Waals surface area (Å²) in [6.45, 7) is 2.02. The minimum absolute atomic E-state index is 0.0715. The van der Waals surface area contributed by atoms with E-state index in [1.807, 2.05) is 37.3 Å². The van der Waals surface area contributed by atoms with Crippen molar-refractivity contribution in [3.8, 4) is 12.1 Å². The average Bonchev–Trinajstić information content (AvgIpc) is 2.48. The van der Waals surface area contributed by atoms with E-state index in [0.717, 1.165) is 11.3 Å². The zero-order valence-electron chi connectivity index (χ0n) is 10.6. The van der Waals surface area contributed by atoms with Crippen LogP contribution in [0.3, 0.4) is 0 Å². The van der Waals surface area contributed by atoms with E-state index in [1.165, 1.54) is 0 Å². The lowest BCUT2D eigenvalue weighted by atomic mass is 10.1. The molecule has 2 aromatic rings. The van der Waals surface area contributed by atoms with Crippen molar-refractivity contribution < 1.29 is 0 Å². The number of nitrogens with zero attached hydrogens (tertiary/aromatic N) is 2. The fraction of sp³-hybridized carbons (Fsp3) is 0.125. The molecule has 2 rings (SSSR count). The number of anilines is 1. The van der Waals surface area contributed by atoms with Gasteiger partial charge in [-0.25, -0.2) is 0 Å². The van der Waals surface area contributed by atoms with Crippen LogP contribution in [0.15, 0.2) is 48.5 Å². The highest BCUT2D eigenvalue weighted by Gasteiger charge is 2.07. The quantitative estimate of drug-likeness (QED) is 0.901. The predicted molar refractivity (Wildman–Crippen MR) is 74.4 cm³/mol. The van der Waals surface area contributed by atoms with Crippen molar-refractivity contribution in [1.29, 1.82) is 10.5 Å². The zero-order valence-corrected chi connectivity index (χ0v) is 10.6. The molecule has 2 aromatic carbocycles. The summed E-state index contributed by atoms with van der Waals surface area (Å²) in [7, 11) is 0. The number of rotatable bonds is 3. The highest BCUT2D eigenvalue weighted by Crippen LogP contribution is 2.22. The molecule has 0 aliphatic heterocycles. The van der Waals surface area contributed by atoms with Gasteiger partial charge in [0.2, 0.25) is 0 Å². The molecule has 1 N–H and O–H groups in total. The minimum Gasteiger partial charge on any atom is -0.377 e. The Balaban J connectivity index is 2.19. The first kappa shape index (κ1) is 12.7. The number of hydrogen-bond donors (Lipinski definition) is 1. The summed E-state index contributed by atoms with van der Waals surface area (Å²) in [6.07, 6.45) is 0. The van der Waals surface area contributed by atoms with Crippen LogP contribution in [-0.2, 0) is 0 Å².